The van der Waals surface area contributed by atoms with Gasteiger partial charge in [-0.1, -0.05) is 102 Å². The zero-order valence-corrected chi connectivity index (χ0v) is 15.6. The SMILES string of the molecule is CCCCCCCCCCCCCC/C=C/C=C/C(N)CCN. The maximum Gasteiger partial charge on any atom is 0.0238 e. The quantitative estimate of drug-likeness (QED) is 0.260. The molecule has 2 heteroatoms. The lowest BCUT2D eigenvalue weighted by Crippen LogP contribution is -2.20. The first-order valence-corrected chi connectivity index (χ1v) is 10.1. The zero-order valence-electron chi connectivity index (χ0n) is 15.6. The molecule has 0 heterocycles. The second-order valence-electron chi connectivity index (χ2n) is 6.73. The Kier molecular flexibility index (Phi) is 18.9. The van der Waals surface area contributed by atoms with E-state index < -0.39 is 0 Å². The van der Waals surface area contributed by atoms with Gasteiger partial charge in [-0.25, -0.2) is 0 Å². The molecule has 0 spiro atoms. The third-order valence-electron chi connectivity index (χ3n) is 4.33. The Morgan fingerprint density at radius 3 is 1.78 bits per heavy atom. The minimum atomic E-state index is 0.108. The summed E-state index contributed by atoms with van der Waals surface area (Å²) in [5, 5.41) is 0. The van der Waals surface area contributed by atoms with Crippen molar-refractivity contribution in [3.63, 3.8) is 0 Å². The summed E-state index contributed by atoms with van der Waals surface area (Å²) in [6, 6.07) is 0.108. The molecular formula is C21H42N2. The molecule has 1 unspecified atom stereocenters. The van der Waals surface area contributed by atoms with Crippen LogP contribution in [0.25, 0.3) is 0 Å². The van der Waals surface area contributed by atoms with E-state index in [1.54, 1.807) is 0 Å². The van der Waals surface area contributed by atoms with Gasteiger partial charge in [0.1, 0.15) is 0 Å². The summed E-state index contributed by atoms with van der Waals surface area (Å²) in [4.78, 5) is 0. The number of hydrogen-bond donors (Lipinski definition) is 2. The van der Waals surface area contributed by atoms with Crippen molar-refractivity contribution >= 4 is 0 Å². The van der Waals surface area contributed by atoms with Crippen LogP contribution in [0.3, 0.4) is 0 Å². The van der Waals surface area contributed by atoms with E-state index in [1.807, 2.05) is 6.08 Å². The molecule has 2 nitrogen and oxygen atoms in total. The maximum atomic E-state index is 5.84. The Morgan fingerprint density at radius 2 is 1.26 bits per heavy atom. The van der Waals surface area contributed by atoms with Crippen LogP contribution in [0.2, 0.25) is 0 Å². The van der Waals surface area contributed by atoms with Crippen LogP contribution in [-0.4, -0.2) is 12.6 Å². The predicted octanol–water partition coefficient (Wildman–Crippen LogP) is 5.87. The van der Waals surface area contributed by atoms with Crippen LogP contribution in [0, 0.1) is 0 Å². The summed E-state index contributed by atoms with van der Waals surface area (Å²) in [5.74, 6) is 0. The van der Waals surface area contributed by atoms with Crippen LogP contribution in [0.1, 0.15) is 96.8 Å². The van der Waals surface area contributed by atoms with Gasteiger partial charge in [0.05, 0.1) is 0 Å². The summed E-state index contributed by atoms with van der Waals surface area (Å²) >= 11 is 0. The number of nitrogens with two attached hydrogens (primary N) is 2. The number of rotatable bonds is 17. The molecule has 0 saturated heterocycles. The summed E-state index contributed by atoms with van der Waals surface area (Å²) in [5.41, 5.74) is 11.3. The van der Waals surface area contributed by atoms with E-state index in [1.165, 1.54) is 83.5 Å². The van der Waals surface area contributed by atoms with Crippen molar-refractivity contribution < 1.29 is 0 Å². The third-order valence-corrected chi connectivity index (χ3v) is 4.33. The molecule has 0 aromatic rings. The van der Waals surface area contributed by atoms with Gasteiger partial charge >= 0.3 is 0 Å². The molecule has 0 aliphatic rings. The van der Waals surface area contributed by atoms with Crippen LogP contribution >= 0.6 is 0 Å². The van der Waals surface area contributed by atoms with Crippen molar-refractivity contribution in [3.8, 4) is 0 Å². The maximum absolute atomic E-state index is 5.84. The van der Waals surface area contributed by atoms with Gasteiger partial charge in [-0.2, -0.15) is 0 Å². The molecule has 0 aromatic carbocycles. The number of hydrogen-bond acceptors (Lipinski definition) is 2. The van der Waals surface area contributed by atoms with Gasteiger partial charge < -0.3 is 11.5 Å². The normalized spacial score (nSPS) is 13.3. The Labute approximate surface area is 145 Å². The highest BCUT2D eigenvalue weighted by Crippen LogP contribution is 2.12. The van der Waals surface area contributed by atoms with E-state index in [4.69, 9.17) is 11.5 Å². The Hall–Kier alpha value is -0.600. The predicted molar refractivity (Wildman–Crippen MR) is 106 cm³/mol. The standard InChI is InChI=1S/C21H42N2/c1-2-3-4-5-6-7-8-9-10-11-12-13-14-15-16-17-18-21(23)19-20-22/h15-18,21H,2-14,19-20,22-23H2,1H3/b16-15+,18-17+. The van der Waals surface area contributed by atoms with Crippen LogP contribution in [0.5, 0.6) is 0 Å². The Balaban J connectivity index is 3.18. The second kappa shape index (κ2) is 19.4. The van der Waals surface area contributed by atoms with Crippen molar-refractivity contribution in [2.24, 2.45) is 11.5 Å². The highest BCUT2D eigenvalue weighted by Gasteiger charge is 1.93. The molecular weight excluding hydrogens is 280 g/mol. The molecule has 136 valence electrons. The topological polar surface area (TPSA) is 52.0 Å². The van der Waals surface area contributed by atoms with Crippen LogP contribution in [0.15, 0.2) is 24.3 Å². The molecule has 0 amide bonds. The minimum absolute atomic E-state index is 0.108. The summed E-state index contributed by atoms with van der Waals surface area (Å²) in [6.07, 6.45) is 27.5. The molecule has 0 bridgehead atoms. The smallest absolute Gasteiger partial charge is 0.0238 e. The second-order valence-corrected chi connectivity index (χ2v) is 6.73. The average molecular weight is 323 g/mol. The van der Waals surface area contributed by atoms with Gasteiger partial charge in [-0.15, -0.1) is 0 Å². The molecule has 4 N–H and O–H groups in total. The van der Waals surface area contributed by atoms with Crippen LogP contribution < -0.4 is 11.5 Å². The van der Waals surface area contributed by atoms with Crippen molar-refractivity contribution in [2.75, 3.05) is 6.54 Å². The minimum Gasteiger partial charge on any atom is -0.330 e. The summed E-state index contributed by atoms with van der Waals surface area (Å²) in [7, 11) is 0. The molecule has 1 atom stereocenters. The van der Waals surface area contributed by atoms with E-state index >= 15 is 0 Å². The van der Waals surface area contributed by atoms with Gasteiger partial charge in [0.2, 0.25) is 0 Å². The highest BCUT2D eigenvalue weighted by molar-refractivity contribution is 5.05. The van der Waals surface area contributed by atoms with E-state index in [9.17, 15) is 0 Å². The third kappa shape index (κ3) is 19.4. The van der Waals surface area contributed by atoms with Gasteiger partial charge in [0.25, 0.3) is 0 Å². The fourth-order valence-electron chi connectivity index (χ4n) is 2.77. The molecule has 0 aromatic heterocycles. The fourth-order valence-corrected chi connectivity index (χ4v) is 2.77. The molecule has 0 saturated carbocycles. The highest BCUT2D eigenvalue weighted by atomic mass is 14.6. The molecule has 0 aliphatic heterocycles. The lowest BCUT2D eigenvalue weighted by atomic mass is 10.0. The van der Waals surface area contributed by atoms with E-state index in [-0.39, 0.29) is 6.04 Å². The summed E-state index contributed by atoms with van der Waals surface area (Å²) in [6.45, 7) is 2.94. The largest absolute Gasteiger partial charge is 0.330 e. The first kappa shape index (κ1) is 22.4. The van der Waals surface area contributed by atoms with Crippen molar-refractivity contribution in [1.29, 1.82) is 0 Å². The lowest BCUT2D eigenvalue weighted by Gasteiger charge is -2.02. The van der Waals surface area contributed by atoms with E-state index in [0.717, 1.165) is 6.42 Å². The van der Waals surface area contributed by atoms with Crippen molar-refractivity contribution in [3.05, 3.63) is 24.3 Å². The molecule has 0 radical (unpaired) electrons. The lowest BCUT2D eigenvalue weighted by molar-refractivity contribution is 0.545. The monoisotopic (exact) mass is 322 g/mol. The van der Waals surface area contributed by atoms with Gasteiger partial charge in [-0.3, -0.25) is 0 Å². The summed E-state index contributed by atoms with van der Waals surface area (Å²) < 4.78 is 0. The van der Waals surface area contributed by atoms with E-state index in [2.05, 4.69) is 25.2 Å². The number of unbranched alkanes of at least 4 members (excludes halogenated alkanes) is 12. The van der Waals surface area contributed by atoms with Crippen LogP contribution in [-0.2, 0) is 0 Å². The van der Waals surface area contributed by atoms with Gasteiger partial charge in [-0.05, 0) is 25.8 Å². The molecule has 0 fully saturated rings. The first-order valence-electron chi connectivity index (χ1n) is 10.1. The zero-order chi connectivity index (χ0) is 17.0. The molecule has 0 aliphatic carbocycles. The average Bonchev–Trinajstić information content (AvgIpc) is 2.54. The van der Waals surface area contributed by atoms with Crippen LogP contribution in [0.4, 0.5) is 0 Å². The van der Waals surface area contributed by atoms with Crippen molar-refractivity contribution in [2.45, 2.75) is 103 Å². The number of allylic oxidation sites excluding steroid dienone is 3. The molecule has 23 heavy (non-hydrogen) atoms. The van der Waals surface area contributed by atoms with E-state index in [0.29, 0.717) is 6.54 Å². The van der Waals surface area contributed by atoms with Gasteiger partial charge in [0.15, 0.2) is 0 Å². The fraction of sp³-hybridized carbons (Fsp3) is 0.810. The van der Waals surface area contributed by atoms with Gasteiger partial charge in [0, 0.05) is 6.04 Å². The molecule has 0 rings (SSSR count). The Morgan fingerprint density at radius 1 is 0.739 bits per heavy atom. The Bertz CT molecular complexity index is 271. The first-order chi connectivity index (χ1) is 11.3. The van der Waals surface area contributed by atoms with Crippen molar-refractivity contribution in [1.82, 2.24) is 0 Å².